The largest absolute Gasteiger partial charge is 0.361 e. The van der Waals surface area contributed by atoms with Gasteiger partial charge < -0.3 is 10.7 Å². The average molecular weight is 304 g/mol. The summed E-state index contributed by atoms with van der Waals surface area (Å²) < 4.78 is 1.69. The fourth-order valence-corrected chi connectivity index (χ4v) is 2.81. The molecule has 0 spiro atoms. The Bertz CT molecular complexity index is 924. The monoisotopic (exact) mass is 304 g/mol. The van der Waals surface area contributed by atoms with E-state index in [1.54, 1.807) is 4.68 Å². The highest BCUT2D eigenvalue weighted by Crippen LogP contribution is 2.23. The van der Waals surface area contributed by atoms with Gasteiger partial charge in [-0.3, -0.25) is 0 Å². The lowest BCUT2D eigenvalue weighted by atomic mass is 10.1. The summed E-state index contributed by atoms with van der Waals surface area (Å²) in [6, 6.07) is 17.7. The van der Waals surface area contributed by atoms with Gasteiger partial charge in [0.1, 0.15) is 0 Å². The van der Waals surface area contributed by atoms with Crippen molar-refractivity contribution in [1.29, 1.82) is 0 Å². The number of fused-ring (bicyclic) bond motifs is 1. The standard InChI is InChI=1S/C17H16N6/c18-15(10-12-11-19-16-9-5-4-8-14(12)16)17-20-21-22-23(17)13-6-2-1-3-7-13/h1-9,11,15,19H,10,18H2. The second-order valence-electron chi connectivity index (χ2n) is 5.45. The summed E-state index contributed by atoms with van der Waals surface area (Å²) in [5, 5.41) is 13.2. The van der Waals surface area contributed by atoms with Crippen LogP contribution >= 0.6 is 0 Å². The van der Waals surface area contributed by atoms with Crippen LogP contribution in [0.15, 0.2) is 60.8 Å². The minimum Gasteiger partial charge on any atom is -0.361 e. The van der Waals surface area contributed by atoms with Crippen LogP contribution in [0.1, 0.15) is 17.4 Å². The summed E-state index contributed by atoms with van der Waals surface area (Å²) >= 11 is 0. The zero-order chi connectivity index (χ0) is 15.6. The van der Waals surface area contributed by atoms with E-state index in [0.717, 1.165) is 16.8 Å². The topological polar surface area (TPSA) is 85.4 Å². The number of hydrogen-bond acceptors (Lipinski definition) is 4. The number of rotatable bonds is 4. The van der Waals surface area contributed by atoms with Crippen molar-refractivity contribution in [1.82, 2.24) is 25.2 Å². The molecule has 4 aromatic rings. The minimum atomic E-state index is -0.288. The molecule has 2 heterocycles. The molecule has 4 rings (SSSR count). The van der Waals surface area contributed by atoms with Crippen LogP contribution in [0.2, 0.25) is 0 Å². The maximum atomic E-state index is 6.38. The number of nitrogens with zero attached hydrogens (tertiary/aromatic N) is 4. The zero-order valence-corrected chi connectivity index (χ0v) is 12.4. The first-order valence-electron chi connectivity index (χ1n) is 7.47. The van der Waals surface area contributed by atoms with E-state index in [0.29, 0.717) is 12.2 Å². The van der Waals surface area contributed by atoms with Gasteiger partial charge in [0.15, 0.2) is 5.82 Å². The first kappa shape index (κ1) is 13.7. The van der Waals surface area contributed by atoms with Gasteiger partial charge in [-0.15, -0.1) is 5.10 Å². The molecule has 114 valence electrons. The molecule has 0 aliphatic rings. The summed E-state index contributed by atoms with van der Waals surface area (Å²) in [6.07, 6.45) is 2.67. The van der Waals surface area contributed by atoms with Gasteiger partial charge in [0.05, 0.1) is 11.7 Å². The van der Waals surface area contributed by atoms with E-state index >= 15 is 0 Å². The van der Waals surface area contributed by atoms with Gasteiger partial charge in [-0.2, -0.15) is 4.68 Å². The van der Waals surface area contributed by atoms with Gasteiger partial charge in [-0.05, 0) is 40.6 Å². The predicted molar refractivity (Wildman–Crippen MR) is 88.1 cm³/mol. The molecule has 3 N–H and O–H groups in total. The third-order valence-corrected chi connectivity index (χ3v) is 3.94. The van der Waals surface area contributed by atoms with Crippen molar-refractivity contribution in [2.24, 2.45) is 5.73 Å². The molecule has 2 aromatic heterocycles. The molecule has 0 bridgehead atoms. The summed E-state index contributed by atoms with van der Waals surface area (Å²) in [5.74, 6) is 0.654. The number of aromatic amines is 1. The molecule has 6 nitrogen and oxygen atoms in total. The Kier molecular flexibility index (Phi) is 3.36. The molecule has 6 heteroatoms. The van der Waals surface area contributed by atoms with Crippen LogP contribution in [-0.4, -0.2) is 25.2 Å². The van der Waals surface area contributed by atoms with Crippen molar-refractivity contribution < 1.29 is 0 Å². The second kappa shape index (κ2) is 5.66. The van der Waals surface area contributed by atoms with E-state index in [-0.39, 0.29) is 6.04 Å². The van der Waals surface area contributed by atoms with Crippen LogP contribution < -0.4 is 5.73 Å². The Morgan fingerprint density at radius 3 is 2.70 bits per heavy atom. The van der Waals surface area contributed by atoms with Crippen LogP contribution in [0.4, 0.5) is 0 Å². The summed E-state index contributed by atoms with van der Waals surface area (Å²) in [7, 11) is 0. The van der Waals surface area contributed by atoms with E-state index in [4.69, 9.17) is 5.73 Å². The second-order valence-corrected chi connectivity index (χ2v) is 5.45. The zero-order valence-electron chi connectivity index (χ0n) is 12.4. The molecule has 0 fully saturated rings. The Balaban J connectivity index is 1.66. The maximum absolute atomic E-state index is 6.38. The van der Waals surface area contributed by atoms with Crippen LogP contribution in [0.5, 0.6) is 0 Å². The molecule has 0 aliphatic carbocycles. The number of nitrogens with two attached hydrogens (primary N) is 1. The molecule has 0 saturated heterocycles. The SMILES string of the molecule is NC(Cc1c[nH]c2ccccc12)c1nnnn1-c1ccccc1. The minimum absolute atomic E-state index is 0.288. The van der Waals surface area contributed by atoms with E-state index < -0.39 is 0 Å². The maximum Gasteiger partial charge on any atom is 0.173 e. The van der Waals surface area contributed by atoms with E-state index in [1.807, 2.05) is 48.7 Å². The van der Waals surface area contributed by atoms with Crippen molar-refractivity contribution in [3.8, 4) is 5.69 Å². The lowest BCUT2D eigenvalue weighted by Gasteiger charge is -2.11. The molecule has 0 amide bonds. The smallest absolute Gasteiger partial charge is 0.173 e. The van der Waals surface area contributed by atoms with Crippen molar-refractivity contribution in [3.05, 3.63) is 72.2 Å². The normalized spacial score (nSPS) is 12.6. The molecule has 2 aromatic carbocycles. The van der Waals surface area contributed by atoms with Gasteiger partial charge in [-0.1, -0.05) is 36.4 Å². The average Bonchev–Trinajstić information content (AvgIpc) is 3.23. The Labute approximate surface area is 132 Å². The molecular weight excluding hydrogens is 288 g/mol. The molecule has 0 aliphatic heterocycles. The molecule has 1 atom stereocenters. The van der Waals surface area contributed by atoms with Crippen LogP contribution in [0.25, 0.3) is 16.6 Å². The summed E-state index contributed by atoms with van der Waals surface area (Å²) in [5.41, 5.74) is 9.56. The number of hydrogen-bond donors (Lipinski definition) is 2. The van der Waals surface area contributed by atoms with Crippen molar-refractivity contribution in [3.63, 3.8) is 0 Å². The number of para-hydroxylation sites is 2. The fraction of sp³-hybridized carbons (Fsp3) is 0.118. The number of aromatic nitrogens is 5. The first-order chi connectivity index (χ1) is 11.3. The van der Waals surface area contributed by atoms with Crippen molar-refractivity contribution in [2.75, 3.05) is 0 Å². The number of nitrogens with one attached hydrogen (secondary N) is 1. The molecule has 0 saturated carbocycles. The van der Waals surface area contributed by atoms with E-state index in [2.05, 4.69) is 32.6 Å². The molecule has 23 heavy (non-hydrogen) atoms. The molecular formula is C17H16N6. The Hall–Kier alpha value is -2.99. The van der Waals surface area contributed by atoms with Crippen LogP contribution in [0.3, 0.4) is 0 Å². The van der Waals surface area contributed by atoms with Crippen molar-refractivity contribution >= 4 is 10.9 Å². The lowest BCUT2D eigenvalue weighted by Crippen LogP contribution is -2.19. The summed E-state index contributed by atoms with van der Waals surface area (Å²) in [6.45, 7) is 0. The van der Waals surface area contributed by atoms with Gasteiger partial charge >= 0.3 is 0 Å². The molecule has 1 unspecified atom stereocenters. The lowest BCUT2D eigenvalue weighted by molar-refractivity contribution is 0.638. The number of tetrazole rings is 1. The Morgan fingerprint density at radius 1 is 1.04 bits per heavy atom. The summed E-state index contributed by atoms with van der Waals surface area (Å²) in [4.78, 5) is 3.27. The number of benzene rings is 2. The van der Waals surface area contributed by atoms with E-state index in [1.165, 1.54) is 5.39 Å². The third kappa shape index (κ3) is 2.49. The third-order valence-electron chi connectivity index (χ3n) is 3.94. The van der Waals surface area contributed by atoms with Gasteiger partial charge in [0.2, 0.25) is 0 Å². The van der Waals surface area contributed by atoms with Crippen LogP contribution in [0, 0.1) is 0 Å². The molecule has 0 radical (unpaired) electrons. The number of H-pyrrole nitrogens is 1. The van der Waals surface area contributed by atoms with E-state index in [9.17, 15) is 0 Å². The highest BCUT2D eigenvalue weighted by atomic mass is 15.5. The van der Waals surface area contributed by atoms with Gasteiger partial charge in [0, 0.05) is 17.1 Å². The van der Waals surface area contributed by atoms with Gasteiger partial charge in [-0.25, -0.2) is 0 Å². The fourth-order valence-electron chi connectivity index (χ4n) is 2.81. The highest BCUT2D eigenvalue weighted by molar-refractivity contribution is 5.83. The van der Waals surface area contributed by atoms with Crippen molar-refractivity contribution in [2.45, 2.75) is 12.5 Å². The highest BCUT2D eigenvalue weighted by Gasteiger charge is 2.18. The quantitative estimate of drug-likeness (QED) is 0.606. The predicted octanol–water partition coefficient (Wildman–Crippen LogP) is 2.39. The van der Waals surface area contributed by atoms with Gasteiger partial charge in [0.25, 0.3) is 0 Å². The first-order valence-corrected chi connectivity index (χ1v) is 7.47. The van der Waals surface area contributed by atoms with Crippen LogP contribution in [-0.2, 0) is 6.42 Å². The Morgan fingerprint density at radius 2 is 1.83 bits per heavy atom.